The number of benzene rings is 2. The highest BCUT2D eigenvalue weighted by Gasteiger charge is 2.33. The van der Waals surface area contributed by atoms with E-state index in [9.17, 15) is 24.3 Å². The van der Waals surface area contributed by atoms with E-state index in [-0.39, 0.29) is 24.0 Å². The lowest BCUT2D eigenvalue weighted by atomic mass is 9.83. The Kier molecular flexibility index (Phi) is 11.3. The zero-order chi connectivity index (χ0) is 36.3. The number of piperazine rings is 2. The van der Waals surface area contributed by atoms with Gasteiger partial charge in [0.05, 0.1) is 6.54 Å². The Bertz CT molecular complexity index is 1610. The third kappa shape index (κ3) is 9.09. The van der Waals surface area contributed by atoms with Crippen molar-refractivity contribution >= 4 is 45.6 Å². The van der Waals surface area contributed by atoms with Crippen LogP contribution in [0.1, 0.15) is 91.5 Å². The molecule has 1 atom stereocenters. The van der Waals surface area contributed by atoms with Crippen LogP contribution in [0.25, 0.3) is 0 Å². The third-order valence-corrected chi connectivity index (χ3v) is 10.7. The molecule has 4 aliphatic rings. The van der Waals surface area contributed by atoms with Crippen LogP contribution in [0.3, 0.4) is 0 Å². The number of nitrogens with zero attached hydrogens (tertiary/aromatic N) is 5. The second-order valence-corrected chi connectivity index (χ2v) is 16.0. The summed E-state index contributed by atoms with van der Waals surface area (Å²) in [6.07, 6.45) is 4.96. The summed E-state index contributed by atoms with van der Waals surface area (Å²) in [5, 5.41) is 9.30. The summed E-state index contributed by atoms with van der Waals surface area (Å²) in [5.74, 6) is 0.970. The molecule has 276 valence electrons. The van der Waals surface area contributed by atoms with E-state index in [1.165, 1.54) is 11.3 Å². The minimum absolute atomic E-state index is 0.0482. The van der Waals surface area contributed by atoms with Gasteiger partial charge in [-0.25, -0.2) is 9.59 Å². The first-order chi connectivity index (χ1) is 24.3. The first kappa shape index (κ1) is 36.8. The molecule has 6 rings (SSSR count). The van der Waals surface area contributed by atoms with E-state index in [2.05, 4.69) is 20.8 Å². The van der Waals surface area contributed by atoms with Gasteiger partial charge in [-0.15, -0.1) is 0 Å². The van der Waals surface area contributed by atoms with Crippen LogP contribution in [-0.2, 0) is 4.74 Å². The number of likely N-dealkylation sites (tertiary alicyclic amines) is 1. The van der Waals surface area contributed by atoms with Crippen molar-refractivity contribution in [3.05, 3.63) is 57.6 Å². The largest absolute Gasteiger partial charge is 0.488 e. The predicted octanol–water partition coefficient (Wildman–Crippen LogP) is 6.28. The van der Waals surface area contributed by atoms with Crippen molar-refractivity contribution in [1.29, 1.82) is 0 Å². The zero-order valence-electron chi connectivity index (χ0n) is 29.9. The maximum atomic E-state index is 13.9. The molecule has 12 nitrogen and oxygen atoms in total. The third-order valence-electron chi connectivity index (χ3n) is 10.3. The molecule has 51 heavy (non-hydrogen) atoms. The molecular weight excluding hydrogens is 718 g/mol. The number of carboxylic acid groups (broad SMARTS) is 1. The molecule has 4 amide bonds. The SMILES string of the molecule is CC(C)(C)OC(=O)N1CCC(Oc2ccc(C(=O)N3CCN(C(=O)c4cc(Br)cc(N5CCN(C(=O)O)CC5)c4)CC3)cc2C2CCCCC2)C1. The average Bonchev–Trinajstić information content (AvgIpc) is 3.59. The minimum Gasteiger partial charge on any atom is -0.488 e. The highest BCUT2D eigenvalue weighted by Crippen LogP contribution is 2.39. The van der Waals surface area contributed by atoms with Crippen LogP contribution in [0.4, 0.5) is 15.3 Å². The number of ether oxygens (including phenoxy) is 2. The summed E-state index contributed by atoms with van der Waals surface area (Å²) in [7, 11) is 0. The van der Waals surface area contributed by atoms with Crippen molar-refractivity contribution in [2.24, 2.45) is 0 Å². The Hall–Kier alpha value is -4.00. The molecule has 3 aliphatic heterocycles. The van der Waals surface area contributed by atoms with E-state index in [1.807, 2.05) is 62.1 Å². The molecular formula is C38H50BrN5O7. The highest BCUT2D eigenvalue weighted by atomic mass is 79.9. The second-order valence-electron chi connectivity index (χ2n) is 15.1. The standard InChI is InChI=1S/C38H50BrN5O7/c1-38(2,3)51-37(49)44-12-11-31(25-44)50-33-10-9-27(23-32(33)26-7-5-4-6-8-26)34(45)41-15-17-42(18-16-41)35(46)28-21-29(39)24-30(22-28)40-13-19-43(20-14-40)36(47)48/h9-10,21-24,26,31H,4-8,11-20,25H2,1-3H3,(H,47,48). The number of hydrogen-bond acceptors (Lipinski definition) is 7. The van der Waals surface area contributed by atoms with Gasteiger partial charge in [0.2, 0.25) is 0 Å². The minimum atomic E-state index is -0.915. The summed E-state index contributed by atoms with van der Waals surface area (Å²) < 4.78 is 12.9. The average molecular weight is 769 g/mol. The topological polar surface area (TPSA) is 123 Å². The maximum Gasteiger partial charge on any atom is 0.410 e. The number of carbonyl (C=O) groups excluding carboxylic acids is 3. The Morgan fingerprint density at radius 1 is 0.725 bits per heavy atom. The summed E-state index contributed by atoms with van der Waals surface area (Å²) in [5.41, 5.74) is 2.58. The maximum absolute atomic E-state index is 13.9. The summed E-state index contributed by atoms with van der Waals surface area (Å²) >= 11 is 3.56. The van der Waals surface area contributed by atoms with E-state index in [0.29, 0.717) is 82.5 Å². The molecule has 4 fully saturated rings. The van der Waals surface area contributed by atoms with E-state index >= 15 is 0 Å². The predicted molar refractivity (Wildman–Crippen MR) is 197 cm³/mol. The van der Waals surface area contributed by atoms with Gasteiger partial charge < -0.3 is 39.1 Å². The van der Waals surface area contributed by atoms with Gasteiger partial charge in [-0.2, -0.15) is 0 Å². The highest BCUT2D eigenvalue weighted by molar-refractivity contribution is 9.10. The number of halogens is 1. The van der Waals surface area contributed by atoms with Gasteiger partial charge in [-0.3, -0.25) is 9.59 Å². The van der Waals surface area contributed by atoms with Crippen molar-refractivity contribution in [3.8, 4) is 5.75 Å². The van der Waals surface area contributed by atoms with Gasteiger partial charge in [-0.1, -0.05) is 35.2 Å². The first-order valence-electron chi connectivity index (χ1n) is 18.2. The molecule has 3 saturated heterocycles. The van der Waals surface area contributed by atoms with Crippen LogP contribution in [0, 0.1) is 0 Å². The summed E-state index contributed by atoms with van der Waals surface area (Å²) in [6.45, 7) is 10.3. The van der Waals surface area contributed by atoms with Gasteiger partial charge in [0.15, 0.2) is 0 Å². The molecule has 0 spiro atoms. The normalized spacial score (nSPS) is 20.4. The van der Waals surface area contributed by atoms with Crippen molar-refractivity contribution < 1.29 is 33.8 Å². The molecule has 1 saturated carbocycles. The van der Waals surface area contributed by atoms with Gasteiger partial charge in [0.1, 0.15) is 17.5 Å². The van der Waals surface area contributed by atoms with Crippen molar-refractivity contribution in [2.75, 3.05) is 70.3 Å². The molecule has 1 unspecified atom stereocenters. The van der Waals surface area contributed by atoms with Crippen LogP contribution in [0.5, 0.6) is 5.75 Å². The smallest absolute Gasteiger partial charge is 0.410 e. The van der Waals surface area contributed by atoms with Crippen LogP contribution >= 0.6 is 15.9 Å². The Balaban J connectivity index is 1.09. The zero-order valence-corrected chi connectivity index (χ0v) is 31.5. The summed E-state index contributed by atoms with van der Waals surface area (Å²) in [4.78, 5) is 60.3. The fourth-order valence-corrected chi connectivity index (χ4v) is 8.01. The van der Waals surface area contributed by atoms with Gasteiger partial charge in [-0.05, 0) is 81.5 Å². The Morgan fingerprint density at radius 3 is 1.98 bits per heavy atom. The number of amides is 4. The Labute approximate surface area is 308 Å². The fraction of sp³-hybridized carbons (Fsp3) is 0.579. The van der Waals surface area contributed by atoms with Crippen molar-refractivity contribution in [2.45, 2.75) is 76.9 Å². The van der Waals surface area contributed by atoms with Crippen molar-refractivity contribution in [1.82, 2.24) is 19.6 Å². The molecule has 0 aromatic heterocycles. The molecule has 0 radical (unpaired) electrons. The van der Waals surface area contributed by atoms with E-state index in [1.54, 1.807) is 9.80 Å². The fourth-order valence-electron chi connectivity index (χ4n) is 7.53. The summed E-state index contributed by atoms with van der Waals surface area (Å²) in [6, 6.07) is 11.4. The van der Waals surface area contributed by atoms with Crippen molar-refractivity contribution in [3.63, 3.8) is 0 Å². The number of hydrogen-bond donors (Lipinski definition) is 1. The quantitative estimate of drug-likeness (QED) is 0.365. The molecule has 2 aromatic carbocycles. The first-order valence-corrected chi connectivity index (χ1v) is 19.0. The Morgan fingerprint density at radius 2 is 1.35 bits per heavy atom. The number of carbonyl (C=O) groups is 4. The van der Waals surface area contributed by atoms with Crippen LogP contribution in [-0.4, -0.2) is 126 Å². The molecule has 13 heteroatoms. The van der Waals surface area contributed by atoms with Crippen LogP contribution in [0.15, 0.2) is 40.9 Å². The van der Waals surface area contributed by atoms with E-state index in [4.69, 9.17) is 9.47 Å². The molecule has 1 aliphatic carbocycles. The second kappa shape index (κ2) is 15.7. The van der Waals surface area contributed by atoms with Gasteiger partial charge in [0, 0.05) is 86.6 Å². The molecule has 2 aromatic rings. The molecule has 1 N–H and O–H groups in total. The molecule has 3 heterocycles. The lowest BCUT2D eigenvalue weighted by Crippen LogP contribution is -2.50. The lowest BCUT2D eigenvalue weighted by Gasteiger charge is -2.36. The van der Waals surface area contributed by atoms with Crippen LogP contribution in [0.2, 0.25) is 0 Å². The molecule has 0 bridgehead atoms. The van der Waals surface area contributed by atoms with E-state index in [0.717, 1.165) is 53.6 Å². The van der Waals surface area contributed by atoms with Gasteiger partial charge in [0.25, 0.3) is 11.8 Å². The monoisotopic (exact) mass is 767 g/mol. The van der Waals surface area contributed by atoms with Gasteiger partial charge >= 0.3 is 12.2 Å². The van der Waals surface area contributed by atoms with Crippen LogP contribution < -0.4 is 9.64 Å². The number of rotatable bonds is 6. The lowest BCUT2D eigenvalue weighted by molar-refractivity contribution is 0.0275. The van der Waals surface area contributed by atoms with E-state index < -0.39 is 11.7 Å². The number of anilines is 1.